The molecule has 0 fully saturated rings. The number of benzene rings is 1. The number of hydrogen-bond acceptors (Lipinski definition) is 4. The predicted molar refractivity (Wildman–Crippen MR) is 61.3 cm³/mol. The molecule has 1 heterocycles. The minimum Gasteiger partial charge on any atom is -0.438 e. The lowest BCUT2D eigenvalue weighted by Crippen LogP contribution is -2.02. The SMILES string of the molecule is NCCc1ccc(Oc2cnccn2)cc1. The second kappa shape index (κ2) is 5.23. The number of nitrogens with zero attached hydrogens (tertiary/aromatic N) is 2. The van der Waals surface area contributed by atoms with E-state index in [2.05, 4.69) is 9.97 Å². The van der Waals surface area contributed by atoms with E-state index in [9.17, 15) is 0 Å². The molecule has 0 bridgehead atoms. The maximum atomic E-state index is 5.51. The molecule has 0 amide bonds. The van der Waals surface area contributed by atoms with Crippen LogP contribution in [-0.4, -0.2) is 16.5 Å². The molecule has 1 aromatic heterocycles. The Bertz CT molecular complexity index is 428. The van der Waals surface area contributed by atoms with Crippen molar-refractivity contribution in [2.24, 2.45) is 5.73 Å². The molecule has 82 valence electrons. The Kier molecular flexibility index (Phi) is 3.46. The fourth-order valence-electron chi connectivity index (χ4n) is 1.35. The summed E-state index contributed by atoms with van der Waals surface area (Å²) in [5.74, 6) is 1.25. The Morgan fingerprint density at radius 3 is 2.56 bits per heavy atom. The van der Waals surface area contributed by atoms with E-state index >= 15 is 0 Å². The molecule has 0 aliphatic heterocycles. The van der Waals surface area contributed by atoms with Gasteiger partial charge in [0.05, 0.1) is 6.20 Å². The first-order valence-corrected chi connectivity index (χ1v) is 5.11. The number of ether oxygens (including phenoxy) is 1. The molecule has 0 saturated carbocycles. The molecule has 2 N–H and O–H groups in total. The zero-order valence-corrected chi connectivity index (χ0v) is 8.84. The van der Waals surface area contributed by atoms with Crippen molar-refractivity contribution in [2.45, 2.75) is 6.42 Å². The van der Waals surface area contributed by atoms with Crippen molar-refractivity contribution >= 4 is 0 Å². The Balaban J connectivity index is 2.05. The molecule has 4 nitrogen and oxygen atoms in total. The first-order valence-electron chi connectivity index (χ1n) is 5.11. The zero-order chi connectivity index (χ0) is 11.2. The highest BCUT2D eigenvalue weighted by molar-refractivity contribution is 5.29. The van der Waals surface area contributed by atoms with Crippen molar-refractivity contribution in [3.63, 3.8) is 0 Å². The van der Waals surface area contributed by atoms with Crippen LogP contribution in [0, 0.1) is 0 Å². The van der Waals surface area contributed by atoms with Gasteiger partial charge in [-0.05, 0) is 30.7 Å². The van der Waals surface area contributed by atoms with Gasteiger partial charge in [-0.3, -0.25) is 4.98 Å². The first-order chi connectivity index (χ1) is 7.88. The quantitative estimate of drug-likeness (QED) is 0.844. The average molecular weight is 215 g/mol. The lowest BCUT2D eigenvalue weighted by molar-refractivity contribution is 0.460. The van der Waals surface area contributed by atoms with E-state index in [1.807, 2.05) is 24.3 Å². The molecular weight excluding hydrogens is 202 g/mol. The number of hydrogen-bond donors (Lipinski definition) is 1. The van der Waals surface area contributed by atoms with Crippen LogP contribution < -0.4 is 10.5 Å². The van der Waals surface area contributed by atoms with E-state index in [1.54, 1.807) is 18.6 Å². The molecule has 1 aromatic carbocycles. The average Bonchev–Trinajstić information content (AvgIpc) is 2.33. The minimum atomic E-state index is 0.495. The summed E-state index contributed by atoms with van der Waals surface area (Å²) < 4.78 is 5.51. The maximum Gasteiger partial charge on any atom is 0.237 e. The topological polar surface area (TPSA) is 61.0 Å². The molecular formula is C12H13N3O. The van der Waals surface area contributed by atoms with Crippen LogP contribution in [0.25, 0.3) is 0 Å². The van der Waals surface area contributed by atoms with Crippen molar-refractivity contribution in [3.05, 3.63) is 48.4 Å². The summed E-state index contributed by atoms with van der Waals surface area (Å²) in [5, 5.41) is 0. The second-order valence-corrected chi connectivity index (χ2v) is 3.33. The molecule has 2 rings (SSSR count). The molecule has 2 aromatic rings. The molecule has 16 heavy (non-hydrogen) atoms. The van der Waals surface area contributed by atoms with Gasteiger partial charge in [-0.25, -0.2) is 4.98 Å². The second-order valence-electron chi connectivity index (χ2n) is 3.33. The summed E-state index contributed by atoms with van der Waals surface area (Å²) in [4.78, 5) is 7.95. The standard InChI is InChI=1S/C12H13N3O/c13-6-5-10-1-3-11(4-2-10)16-12-9-14-7-8-15-12/h1-4,7-9H,5-6,13H2. The van der Waals surface area contributed by atoms with E-state index in [0.717, 1.165) is 12.2 Å². The summed E-state index contributed by atoms with van der Waals surface area (Å²) in [6.45, 7) is 0.657. The Hall–Kier alpha value is -1.94. The van der Waals surface area contributed by atoms with Crippen LogP contribution in [0.15, 0.2) is 42.9 Å². The van der Waals surface area contributed by atoms with Crippen LogP contribution in [-0.2, 0) is 6.42 Å². The molecule has 0 radical (unpaired) electrons. The fraction of sp³-hybridized carbons (Fsp3) is 0.167. The molecule has 0 saturated heterocycles. The van der Waals surface area contributed by atoms with Gasteiger partial charge >= 0.3 is 0 Å². The third kappa shape index (κ3) is 2.77. The summed E-state index contributed by atoms with van der Waals surface area (Å²) in [7, 11) is 0. The molecule has 0 aliphatic carbocycles. The largest absolute Gasteiger partial charge is 0.438 e. The number of aromatic nitrogens is 2. The van der Waals surface area contributed by atoms with E-state index in [-0.39, 0.29) is 0 Å². The van der Waals surface area contributed by atoms with Crippen molar-refractivity contribution in [1.82, 2.24) is 9.97 Å². The highest BCUT2D eigenvalue weighted by Gasteiger charge is 1.98. The van der Waals surface area contributed by atoms with Crippen molar-refractivity contribution in [2.75, 3.05) is 6.54 Å². The maximum absolute atomic E-state index is 5.51. The zero-order valence-electron chi connectivity index (χ0n) is 8.84. The van der Waals surface area contributed by atoms with Crippen molar-refractivity contribution in [3.8, 4) is 11.6 Å². The highest BCUT2D eigenvalue weighted by Crippen LogP contribution is 2.18. The molecule has 0 atom stereocenters. The van der Waals surface area contributed by atoms with Gasteiger partial charge in [-0.2, -0.15) is 0 Å². The van der Waals surface area contributed by atoms with Gasteiger partial charge < -0.3 is 10.5 Å². The van der Waals surface area contributed by atoms with Crippen LogP contribution in [0.5, 0.6) is 11.6 Å². The van der Waals surface area contributed by atoms with Gasteiger partial charge in [0.2, 0.25) is 5.88 Å². The molecule has 0 unspecified atom stereocenters. The fourth-order valence-corrected chi connectivity index (χ4v) is 1.35. The van der Waals surface area contributed by atoms with Gasteiger partial charge in [0.1, 0.15) is 5.75 Å². The van der Waals surface area contributed by atoms with Gasteiger partial charge in [-0.1, -0.05) is 12.1 Å². The van der Waals surface area contributed by atoms with E-state index < -0.39 is 0 Å². The van der Waals surface area contributed by atoms with Gasteiger partial charge in [-0.15, -0.1) is 0 Å². The van der Waals surface area contributed by atoms with Crippen LogP contribution in [0.4, 0.5) is 0 Å². The van der Waals surface area contributed by atoms with Crippen LogP contribution in [0.3, 0.4) is 0 Å². The first kappa shape index (κ1) is 10.6. The summed E-state index contributed by atoms with van der Waals surface area (Å²) in [6, 6.07) is 7.80. The van der Waals surface area contributed by atoms with Crippen LogP contribution in [0.1, 0.15) is 5.56 Å². The van der Waals surface area contributed by atoms with Gasteiger partial charge in [0.25, 0.3) is 0 Å². The Morgan fingerprint density at radius 2 is 1.94 bits per heavy atom. The van der Waals surface area contributed by atoms with Crippen molar-refractivity contribution < 1.29 is 4.74 Å². The van der Waals surface area contributed by atoms with Crippen molar-refractivity contribution in [1.29, 1.82) is 0 Å². The summed E-state index contributed by atoms with van der Waals surface area (Å²) >= 11 is 0. The van der Waals surface area contributed by atoms with Gasteiger partial charge in [0.15, 0.2) is 0 Å². The summed E-state index contributed by atoms with van der Waals surface area (Å²) in [6.07, 6.45) is 5.66. The van der Waals surface area contributed by atoms with Crippen LogP contribution in [0.2, 0.25) is 0 Å². The number of nitrogens with two attached hydrogens (primary N) is 1. The summed E-state index contributed by atoms with van der Waals surface area (Å²) in [5.41, 5.74) is 6.68. The molecule has 4 heteroatoms. The smallest absolute Gasteiger partial charge is 0.237 e. The lowest BCUT2D eigenvalue weighted by atomic mass is 10.1. The van der Waals surface area contributed by atoms with E-state index in [0.29, 0.717) is 12.4 Å². The third-order valence-electron chi connectivity index (χ3n) is 2.12. The van der Waals surface area contributed by atoms with Crippen LogP contribution >= 0.6 is 0 Å². The highest BCUT2D eigenvalue weighted by atomic mass is 16.5. The van der Waals surface area contributed by atoms with E-state index in [4.69, 9.17) is 10.5 Å². The predicted octanol–water partition coefficient (Wildman–Crippen LogP) is 1.77. The number of rotatable bonds is 4. The Labute approximate surface area is 94.1 Å². The van der Waals surface area contributed by atoms with Gasteiger partial charge in [0, 0.05) is 12.4 Å². The van der Waals surface area contributed by atoms with E-state index in [1.165, 1.54) is 5.56 Å². The molecule has 0 aliphatic rings. The monoisotopic (exact) mass is 215 g/mol. The Morgan fingerprint density at radius 1 is 1.12 bits per heavy atom. The third-order valence-corrected chi connectivity index (χ3v) is 2.12. The normalized spacial score (nSPS) is 10.1. The minimum absolute atomic E-state index is 0.495. The lowest BCUT2D eigenvalue weighted by Gasteiger charge is -2.04. The molecule has 0 spiro atoms.